The summed E-state index contributed by atoms with van der Waals surface area (Å²) in [7, 11) is 0. The Morgan fingerprint density at radius 3 is 2.35 bits per heavy atom. The number of aryl methyl sites for hydroxylation is 2. The smallest absolute Gasteiger partial charge is 0.186 e. The highest BCUT2D eigenvalue weighted by Crippen LogP contribution is 2.21. The molecule has 0 atom stereocenters. The standard InChI is InChI=1S/C12H11F2N3/c1-6-3-8(5-9(13)4-6)12-16-7(2)10(14)11(15)17-12/h3-5H,1-2H3,(H2,15,16,17). The molecule has 0 aliphatic rings. The summed E-state index contributed by atoms with van der Waals surface area (Å²) in [4.78, 5) is 7.76. The van der Waals surface area contributed by atoms with Crippen molar-refractivity contribution in [2.45, 2.75) is 13.8 Å². The summed E-state index contributed by atoms with van der Waals surface area (Å²) in [5.41, 5.74) is 6.79. The predicted octanol–water partition coefficient (Wildman–Crippen LogP) is 2.62. The third kappa shape index (κ3) is 2.22. The van der Waals surface area contributed by atoms with E-state index in [9.17, 15) is 8.78 Å². The monoisotopic (exact) mass is 235 g/mol. The number of aromatic nitrogens is 2. The molecule has 1 heterocycles. The predicted molar refractivity (Wildman–Crippen MR) is 61.3 cm³/mol. The molecule has 1 aromatic heterocycles. The zero-order chi connectivity index (χ0) is 12.6. The maximum atomic E-state index is 13.3. The summed E-state index contributed by atoms with van der Waals surface area (Å²) in [5.74, 6) is -1.02. The Labute approximate surface area is 97.3 Å². The van der Waals surface area contributed by atoms with Crippen LogP contribution in [0.15, 0.2) is 18.2 Å². The van der Waals surface area contributed by atoms with Gasteiger partial charge in [0.25, 0.3) is 0 Å². The molecule has 0 saturated carbocycles. The van der Waals surface area contributed by atoms with Crippen molar-refractivity contribution >= 4 is 5.82 Å². The first-order valence-electron chi connectivity index (χ1n) is 5.04. The Balaban J connectivity index is 2.60. The summed E-state index contributed by atoms with van der Waals surface area (Å²) in [5, 5.41) is 0. The van der Waals surface area contributed by atoms with Gasteiger partial charge in [-0.25, -0.2) is 18.7 Å². The number of nitrogens with zero attached hydrogens (tertiary/aromatic N) is 2. The second-order valence-electron chi connectivity index (χ2n) is 3.85. The van der Waals surface area contributed by atoms with Crippen LogP contribution in [0.4, 0.5) is 14.6 Å². The maximum absolute atomic E-state index is 13.3. The van der Waals surface area contributed by atoms with E-state index in [1.807, 2.05) is 0 Å². The van der Waals surface area contributed by atoms with Crippen molar-refractivity contribution in [1.82, 2.24) is 9.97 Å². The Hall–Kier alpha value is -2.04. The number of halogens is 2. The fraction of sp³-hybridized carbons (Fsp3) is 0.167. The lowest BCUT2D eigenvalue weighted by molar-refractivity contribution is 0.608. The van der Waals surface area contributed by atoms with Crippen molar-refractivity contribution in [3.63, 3.8) is 0 Å². The number of nitrogen functional groups attached to an aromatic ring is 1. The molecule has 2 N–H and O–H groups in total. The molecule has 0 saturated heterocycles. The highest BCUT2D eigenvalue weighted by atomic mass is 19.1. The van der Waals surface area contributed by atoms with Gasteiger partial charge in [-0.3, -0.25) is 0 Å². The normalized spacial score (nSPS) is 10.6. The number of benzene rings is 1. The van der Waals surface area contributed by atoms with Crippen LogP contribution in [0.5, 0.6) is 0 Å². The van der Waals surface area contributed by atoms with Crippen molar-refractivity contribution in [3.05, 3.63) is 41.1 Å². The van der Waals surface area contributed by atoms with Crippen LogP contribution in [0.2, 0.25) is 0 Å². The van der Waals surface area contributed by atoms with Crippen molar-refractivity contribution in [1.29, 1.82) is 0 Å². The van der Waals surface area contributed by atoms with Crippen LogP contribution in [-0.2, 0) is 0 Å². The van der Waals surface area contributed by atoms with Crippen LogP contribution >= 0.6 is 0 Å². The van der Waals surface area contributed by atoms with Gasteiger partial charge in [0.05, 0.1) is 5.69 Å². The van der Waals surface area contributed by atoms with Gasteiger partial charge in [-0.05, 0) is 37.6 Å². The number of hydrogen-bond acceptors (Lipinski definition) is 3. The summed E-state index contributed by atoms with van der Waals surface area (Å²) in [6, 6.07) is 4.40. The Bertz CT molecular complexity index is 539. The van der Waals surface area contributed by atoms with E-state index < -0.39 is 5.82 Å². The fourth-order valence-electron chi connectivity index (χ4n) is 1.58. The molecule has 0 aliphatic heterocycles. The minimum atomic E-state index is -0.637. The molecular weight excluding hydrogens is 224 g/mol. The summed E-state index contributed by atoms with van der Waals surface area (Å²) >= 11 is 0. The third-order valence-electron chi connectivity index (χ3n) is 2.34. The molecule has 3 nitrogen and oxygen atoms in total. The van der Waals surface area contributed by atoms with Crippen molar-refractivity contribution in [3.8, 4) is 11.4 Å². The molecule has 5 heteroatoms. The second kappa shape index (κ2) is 4.08. The summed E-state index contributed by atoms with van der Waals surface area (Å²) in [6.45, 7) is 3.25. The number of nitrogens with two attached hydrogens (primary N) is 1. The minimum Gasteiger partial charge on any atom is -0.381 e. The van der Waals surface area contributed by atoms with Gasteiger partial charge in [-0.1, -0.05) is 0 Å². The van der Waals surface area contributed by atoms with Gasteiger partial charge in [0.1, 0.15) is 5.82 Å². The molecule has 0 spiro atoms. The van der Waals surface area contributed by atoms with Gasteiger partial charge in [-0.15, -0.1) is 0 Å². The van der Waals surface area contributed by atoms with Gasteiger partial charge >= 0.3 is 0 Å². The molecule has 17 heavy (non-hydrogen) atoms. The maximum Gasteiger partial charge on any atom is 0.186 e. The Morgan fingerprint density at radius 2 is 1.76 bits per heavy atom. The average Bonchev–Trinajstić information content (AvgIpc) is 2.23. The molecule has 0 bridgehead atoms. The highest BCUT2D eigenvalue weighted by Gasteiger charge is 2.11. The van der Waals surface area contributed by atoms with Crippen molar-refractivity contribution in [2.24, 2.45) is 0 Å². The first kappa shape index (κ1) is 11.4. The number of hydrogen-bond donors (Lipinski definition) is 1. The van der Waals surface area contributed by atoms with E-state index in [1.54, 1.807) is 13.0 Å². The first-order chi connectivity index (χ1) is 7.97. The highest BCUT2D eigenvalue weighted by molar-refractivity contribution is 5.58. The summed E-state index contributed by atoms with van der Waals surface area (Å²) in [6.07, 6.45) is 0. The zero-order valence-corrected chi connectivity index (χ0v) is 9.46. The lowest BCUT2D eigenvalue weighted by atomic mass is 10.1. The van der Waals surface area contributed by atoms with Crippen LogP contribution in [0, 0.1) is 25.5 Å². The van der Waals surface area contributed by atoms with E-state index in [2.05, 4.69) is 9.97 Å². The second-order valence-corrected chi connectivity index (χ2v) is 3.85. The van der Waals surface area contributed by atoms with Crippen LogP contribution in [0.3, 0.4) is 0 Å². The number of rotatable bonds is 1. The summed E-state index contributed by atoms with van der Waals surface area (Å²) < 4.78 is 26.5. The van der Waals surface area contributed by atoms with E-state index in [-0.39, 0.29) is 23.2 Å². The topological polar surface area (TPSA) is 51.8 Å². The van der Waals surface area contributed by atoms with E-state index in [4.69, 9.17) is 5.73 Å². The molecule has 2 aromatic rings. The fourth-order valence-corrected chi connectivity index (χ4v) is 1.58. The molecule has 0 aliphatic carbocycles. The van der Waals surface area contributed by atoms with Gasteiger partial charge in [0.2, 0.25) is 0 Å². The lowest BCUT2D eigenvalue weighted by Crippen LogP contribution is -2.03. The molecular formula is C12H11F2N3. The van der Waals surface area contributed by atoms with Crippen LogP contribution in [0.25, 0.3) is 11.4 Å². The molecule has 0 unspecified atom stereocenters. The Kier molecular flexibility index (Phi) is 2.75. The SMILES string of the molecule is Cc1cc(F)cc(-c2nc(C)c(F)c(N)n2)c1. The first-order valence-corrected chi connectivity index (χ1v) is 5.04. The molecule has 2 rings (SSSR count). The van der Waals surface area contributed by atoms with Crippen molar-refractivity contribution in [2.75, 3.05) is 5.73 Å². The van der Waals surface area contributed by atoms with E-state index in [0.717, 1.165) is 5.56 Å². The average molecular weight is 235 g/mol. The van der Waals surface area contributed by atoms with Crippen LogP contribution in [-0.4, -0.2) is 9.97 Å². The number of anilines is 1. The molecule has 1 aromatic carbocycles. The van der Waals surface area contributed by atoms with Gasteiger partial charge < -0.3 is 5.73 Å². The van der Waals surface area contributed by atoms with Gasteiger partial charge in [-0.2, -0.15) is 0 Å². The largest absolute Gasteiger partial charge is 0.381 e. The Morgan fingerprint density at radius 1 is 1.06 bits per heavy atom. The van der Waals surface area contributed by atoms with E-state index >= 15 is 0 Å². The molecule has 0 fully saturated rings. The quantitative estimate of drug-likeness (QED) is 0.826. The molecule has 0 radical (unpaired) electrons. The van der Waals surface area contributed by atoms with Gasteiger partial charge in [0.15, 0.2) is 17.5 Å². The van der Waals surface area contributed by atoms with Crippen LogP contribution < -0.4 is 5.73 Å². The lowest BCUT2D eigenvalue weighted by Gasteiger charge is -2.05. The molecule has 88 valence electrons. The van der Waals surface area contributed by atoms with E-state index in [0.29, 0.717) is 5.56 Å². The third-order valence-corrected chi connectivity index (χ3v) is 2.34. The minimum absolute atomic E-state index is 0.148. The van der Waals surface area contributed by atoms with Crippen LogP contribution in [0.1, 0.15) is 11.3 Å². The van der Waals surface area contributed by atoms with Gasteiger partial charge in [0, 0.05) is 5.56 Å². The zero-order valence-electron chi connectivity index (χ0n) is 9.46. The van der Waals surface area contributed by atoms with Crippen molar-refractivity contribution < 1.29 is 8.78 Å². The molecule has 0 amide bonds. The van der Waals surface area contributed by atoms with E-state index in [1.165, 1.54) is 19.1 Å².